The average Bonchev–Trinajstić information content (AvgIpc) is 3.41. The Labute approximate surface area is 223 Å². The molecule has 0 aliphatic carbocycles. The largest absolute Gasteiger partial charge is 0.497 e. The second-order valence-corrected chi connectivity index (χ2v) is 11.4. The molecule has 3 aliphatic heterocycles. The molecule has 5 heterocycles. The summed E-state index contributed by atoms with van der Waals surface area (Å²) < 4.78 is 7.08. The van der Waals surface area contributed by atoms with E-state index in [0.717, 1.165) is 21.9 Å². The number of rotatable bonds is 6. The number of barbiturate groups is 1. The molecule has 0 radical (unpaired) electrons. The maximum atomic E-state index is 14.3. The van der Waals surface area contributed by atoms with Crippen LogP contribution in [0.15, 0.2) is 64.8 Å². The molecule has 2 aromatic heterocycles. The number of piperidine rings is 1. The van der Waals surface area contributed by atoms with Crippen LogP contribution in [0.3, 0.4) is 0 Å². The Balaban J connectivity index is 1.36. The lowest BCUT2D eigenvalue weighted by atomic mass is 9.77. The molecule has 2 saturated heterocycles. The lowest BCUT2D eigenvalue weighted by molar-refractivity contribution is -0.144. The van der Waals surface area contributed by atoms with Gasteiger partial charge in [-0.1, -0.05) is 12.1 Å². The van der Waals surface area contributed by atoms with Gasteiger partial charge in [0.25, 0.3) is 11.5 Å². The molecule has 6 rings (SSSR count). The van der Waals surface area contributed by atoms with Gasteiger partial charge >= 0.3 is 6.03 Å². The SMILES string of the molecule is COc1ccc(N2C(=O)NC(=O)[C@](Cc3cccs3)(CN3C[C@@H]4C[C@@H](C3)c3cccc(=O)n3C4)C2=O)cc1. The van der Waals surface area contributed by atoms with Crippen LogP contribution in [0.25, 0.3) is 0 Å². The minimum Gasteiger partial charge on any atom is -0.497 e. The van der Waals surface area contributed by atoms with Crippen LogP contribution in [0.1, 0.15) is 22.9 Å². The zero-order valence-electron chi connectivity index (χ0n) is 21.0. The van der Waals surface area contributed by atoms with Gasteiger partial charge in [-0.15, -0.1) is 11.3 Å². The van der Waals surface area contributed by atoms with Crippen LogP contribution in [0, 0.1) is 11.3 Å². The summed E-state index contributed by atoms with van der Waals surface area (Å²) >= 11 is 1.48. The number of amides is 4. The first-order chi connectivity index (χ1) is 18.4. The number of fused-ring (bicyclic) bond motifs is 4. The van der Waals surface area contributed by atoms with Crippen LogP contribution in [-0.4, -0.2) is 54.1 Å². The predicted octanol–water partition coefficient (Wildman–Crippen LogP) is 2.85. The van der Waals surface area contributed by atoms with Gasteiger partial charge in [0.2, 0.25) is 5.91 Å². The molecule has 2 bridgehead atoms. The second-order valence-electron chi connectivity index (χ2n) is 10.3. The van der Waals surface area contributed by atoms with Crippen molar-refractivity contribution in [3.8, 4) is 5.75 Å². The monoisotopic (exact) mass is 532 g/mol. The van der Waals surface area contributed by atoms with Crippen molar-refractivity contribution in [3.63, 3.8) is 0 Å². The van der Waals surface area contributed by atoms with Crippen molar-refractivity contribution in [2.75, 3.05) is 31.6 Å². The number of methoxy groups -OCH3 is 1. The summed E-state index contributed by atoms with van der Waals surface area (Å²) in [6.07, 6.45) is 1.16. The number of urea groups is 1. The van der Waals surface area contributed by atoms with Gasteiger partial charge in [-0.3, -0.25) is 19.7 Å². The third kappa shape index (κ3) is 4.13. The van der Waals surface area contributed by atoms with E-state index in [1.54, 1.807) is 43.5 Å². The number of benzene rings is 1. The molecular weight excluding hydrogens is 504 g/mol. The highest BCUT2D eigenvalue weighted by molar-refractivity contribution is 7.09. The summed E-state index contributed by atoms with van der Waals surface area (Å²) in [7, 11) is 1.54. The first-order valence-corrected chi connectivity index (χ1v) is 13.5. The maximum absolute atomic E-state index is 14.3. The normalized spacial score (nSPS) is 25.2. The predicted molar refractivity (Wildman–Crippen MR) is 142 cm³/mol. The Morgan fingerprint density at radius 2 is 1.82 bits per heavy atom. The third-order valence-electron chi connectivity index (χ3n) is 7.91. The highest BCUT2D eigenvalue weighted by Gasteiger charge is 2.56. The molecule has 0 spiro atoms. The fourth-order valence-electron chi connectivity index (χ4n) is 6.21. The zero-order chi connectivity index (χ0) is 26.4. The molecule has 196 valence electrons. The number of likely N-dealkylation sites (tertiary alicyclic amines) is 1. The smallest absolute Gasteiger partial charge is 0.335 e. The van der Waals surface area contributed by atoms with Gasteiger partial charge in [-0.2, -0.15) is 0 Å². The van der Waals surface area contributed by atoms with Gasteiger partial charge in [-0.25, -0.2) is 9.69 Å². The van der Waals surface area contributed by atoms with E-state index >= 15 is 0 Å². The van der Waals surface area contributed by atoms with Crippen molar-refractivity contribution in [3.05, 3.63) is 80.9 Å². The summed E-state index contributed by atoms with van der Waals surface area (Å²) in [5.74, 6) is -0.133. The van der Waals surface area contributed by atoms with Crippen LogP contribution >= 0.6 is 11.3 Å². The minimum atomic E-state index is -1.49. The van der Waals surface area contributed by atoms with E-state index < -0.39 is 23.3 Å². The van der Waals surface area contributed by atoms with Gasteiger partial charge in [0, 0.05) is 55.2 Å². The number of thiophene rings is 1. The number of carbonyl (C=O) groups is 3. The summed E-state index contributed by atoms with van der Waals surface area (Å²) in [4.78, 5) is 57.5. The van der Waals surface area contributed by atoms with Crippen molar-refractivity contribution in [2.45, 2.75) is 25.3 Å². The number of pyridine rings is 1. The van der Waals surface area contributed by atoms with Crippen LogP contribution in [0.5, 0.6) is 5.75 Å². The van der Waals surface area contributed by atoms with Crippen LogP contribution in [0.2, 0.25) is 0 Å². The van der Waals surface area contributed by atoms with E-state index in [1.807, 2.05) is 28.1 Å². The number of hydrogen-bond donors (Lipinski definition) is 1. The summed E-state index contributed by atoms with van der Waals surface area (Å²) in [5, 5.41) is 4.40. The number of anilines is 1. The zero-order valence-corrected chi connectivity index (χ0v) is 21.8. The Morgan fingerprint density at radius 3 is 2.55 bits per heavy atom. The Kier molecular flexibility index (Phi) is 6.16. The molecule has 3 aliphatic rings. The van der Waals surface area contributed by atoms with E-state index in [9.17, 15) is 19.2 Å². The number of carbonyl (C=O) groups excluding carboxylic acids is 3. The fourth-order valence-corrected chi connectivity index (χ4v) is 7.03. The van der Waals surface area contributed by atoms with E-state index in [1.165, 1.54) is 11.3 Å². The minimum absolute atomic E-state index is 0.00953. The lowest BCUT2D eigenvalue weighted by Crippen LogP contribution is -2.68. The Hall–Kier alpha value is -3.76. The maximum Gasteiger partial charge on any atom is 0.335 e. The van der Waals surface area contributed by atoms with Crippen molar-refractivity contribution < 1.29 is 19.1 Å². The van der Waals surface area contributed by atoms with Crippen molar-refractivity contribution in [1.82, 2.24) is 14.8 Å². The van der Waals surface area contributed by atoms with Gasteiger partial charge in [0.1, 0.15) is 11.2 Å². The van der Waals surface area contributed by atoms with Crippen LogP contribution in [-0.2, 0) is 22.6 Å². The molecule has 9 nitrogen and oxygen atoms in total. The Morgan fingerprint density at radius 1 is 1.00 bits per heavy atom. The van der Waals surface area contributed by atoms with Gasteiger partial charge in [0.05, 0.1) is 12.8 Å². The van der Waals surface area contributed by atoms with Crippen molar-refractivity contribution >= 4 is 34.9 Å². The second kappa shape index (κ2) is 9.52. The van der Waals surface area contributed by atoms with Crippen LogP contribution < -0.4 is 20.5 Å². The van der Waals surface area contributed by atoms with E-state index in [4.69, 9.17) is 4.74 Å². The topological polar surface area (TPSA) is 101 Å². The van der Waals surface area contributed by atoms with E-state index in [-0.39, 0.29) is 30.4 Å². The molecule has 2 fully saturated rings. The third-order valence-corrected chi connectivity index (χ3v) is 8.78. The molecule has 38 heavy (non-hydrogen) atoms. The first-order valence-electron chi connectivity index (χ1n) is 12.7. The number of nitrogens with one attached hydrogen (secondary N) is 1. The molecule has 0 saturated carbocycles. The summed E-state index contributed by atoms with van der Waals surface area (Å²) in [5.41, 5.74) is -0.101. The Bertz CT molecular complexity index is 1450. The molecule has 4 amide bonds. The molecule has 10 heteroatoms. The van der Waals surface area contributed by atoms with Gasteiger partial charge in [0.15, 0.2) is 0 Å². The standard InChI is InChI=1S/C28H28N4O5S/c1-37-21-9-7-20(8-10-21)32-26(35)28(25(34)29-27(32)36,13-22-4-3-11-38-22)17-30-14-18-12-19(16-30)23-5-2-6-24(33)31(23)15-18/h2-11,18-19H,12-17H2,1H3,(H,29,34,36)/t18-,19-,28-/m0/s1. The fraction of sp³-hybridized carbons (Fsp3) is 0.357. The lowest BCUT2D eigenvalue weighted by Gasteiger charge is -2.47. The number of nitrogens with zero attached hydrogens (tertiary/aromatic N) is 3. The highest BCUT2D eigenvalue weighted by Crippen LogP contribution is 2.39. The quantitative estimate of drug-likeness (QED) is 0.490. The first kappa shape index (κ1) is 24.6. The van der Waals surface area contributed by atoms with E-state index in [0.29, 0.717) is 31.1 Å². The van der Waals surface area contributed by atoms with Crippen molar-refractivity contribution in [2.24, 2.45) is 11.3 Å². The average molecular weight is 533 g/mol. The van der Waals surface area contributed by atoms with Crippen LogP contribution in [0.4, 0.5) is 10.5 Å². The number of ether oxygens (including phenoxy) is 1. The molecule has 1 N–H and O–H groups in total. The summed E-state index contributed by atoms with van der Waals surface area (Å²) in [6, 6.07) is 15.1. The molecule has 3 atom stereocenters. The summed E-state index contributed by atoms with van der Waals surface area (Å²) in [6.45, 7) is 2.10. The molecule has 3 aromatic rings. The highest BCUT2D eigenvalue weighted by atomic mass is 32.1. The molecule has 0 unspecified atom stereocenters. The van der Waals surface area contributed by atoms with Gasteiger partial charge in [-0.05, 0) is 54.1 Å². The number of aromatic nitrogens is 1. The van der Waals surface area contributed by atoms with Crippen molar-refractivity contribution in [1.29, 1.82) is 0 Å². The number of imide groups is 2. The molecular formula is C28H28N4O5S. The number of hydrogen-bond acceptors (Lipinski definition) is 7. The van der Waals surface area contributed by atoms with Gasteiger partial charge < -0.3 is 14.2 Å². The van der Waals surface area contributed by atoms with E-state index in [2.05, 4.69) is 10.2 Å². The molecule has 1 aromatic carbocycles.